The number of piperidine rings is 1. The molecule has 2 rings (SSSR count). The fraction of sp³-hybridized carbons (Fsp3) is 0.583. The summed E-state index contributed by atoms with van der Waals surface area (Å²) in [6.07, 6.45) is 4.88. The van der Waals surface area contributed by atoms with Crippen LogP contribution in [-0.4, -0.2) is 39.9 Å². The monoisotopic (exact) mass is 321 g/mol. The molecule has 1 aliphatic heterocycles. The first-order valence-corrected chi connectivity index (χ1v) is 6.21. The number of aromatic nitrogens is 2. The highest BCUT2D eigenvalue weighted by Gasteiger charge is 2.31. The predicted molar refractivity (Wildman–Crippen MR) is 83.2 cm³/mol. The summed E-state index contributed by atoms with van der Waals surface area (Å²) in [5.41, 5.74) is 11.7. The van der Waals surface area contributed by atoms with Crippen LogP contribution in [0, 0.1) is 5.92 Å². The molecule has 0 bridgehead atoms. The van der Waals surface area contributed by atoms with Gasteiger partial charge in [-0.25, -0.2) is 9.97 Å². The fourth-order valence-corrected chi connectivity index (χ4v) is 2.39. The van der Waals surface area contributed by atoms with E-state index in [1.807, 2.05) is 0 Å². The summed E-state index contributed by atoms with van der Waals surface area (Å²) in [5.74, 6) is 0.613. The number of nitrogens with two attached hydrogens (primary N) is 2. The average Bonchev–Trinajstić information content (AvgIpc) is 2.38. The van der Waals surface area contributed by atoms with E-state index in [0.717, 1.165) is 12.8 Å². The van der Waals surface area contributed by atoms with Gasteiger partial charge in [-0.1, -0.05) is 6.92 Å². The average molecular weight is 322 g/mol. The Morgan fingerprint density at radius 2 is 2.05 bits per heavy atom. The Labute approximate surface area is 131 Å². The van der Waals surface area contributed by atoms with Crippen molar-refractivity contribution in [3.8, 4) is 0 Å². The largest absolute Gasteiger partial charge is 0.382 e. The van der Waals surface area contributed by atoms with Gasteiger partial charge < -0.3 is 16.4 Å². The third-order valence-corrected chi connectivity index (χ3v) is 3.44. The van der Waals surface area contributed by atoms with Crippen molar-refractivity contribution in [3.05, 3.63) is 18.1 Å². The SMILES string of the molecule is CC1CCN(C(=O)c2nccnc2N)C(CN)C1.Cl.Cl. The second-order valence-corrected chi connectivity index (χ2v) is 4.81. The number of nitrogen functional groups attached to an aromatic ring is 1. The first-order chi connectivity index (χ1) is 8.63. The molecule has 4 N–H and O–H groups in total. The van der Waals surface area contributed by atoms with E-state index >= 15 is 0 Å². The number of hydrogen-bond donors (Lipinski definition) is 2. The lowest BCUT2D eigenvalue weighted by Crippen LogP contribution is -2.49. The number of hydrogen-bond acceptors (Lipinski definition) is 5. The van der Waals surface area contributed by atoms with Crippen molar-refractivity contribution in [1.82, 2.24) is 14.9 Å². The van der Waals surface area contributed by atoms with Crippen molar-refractivity contribution in [2.24, 2.45) is 11.7 Å². The number of carbonyl (C=O) groups is 1. The summed E-state index contributed by atoms with van der Waals surface area (Å²) in [6.45, 7) is 3.36. The summed E-state index contributed by atoms with van der Waals surface area (Å²) in [4.78, 5) is 22.1. The Bertz CT molecular complexity index is 446. The number of halogens is 2. The molecule has 1 aromatic rings. The molecule has 114 valence electrons. The lowest BCUT2D eigenvalue weighted by molar-refractivity contribution is 0.0568. The Morgan fingerprint density at radius 1 is 1.40 bits per heavy atom. The van der Waals surface area contributed by atoms with Crippen LogP contribution in [0.4, 0.5) is 5.82 Å². The molecule has 0 saturated carbocycles. The molecule has 0 radical (unpaired) electrons. The summed E-state index contributed by atoms with van der Waals surface area (Å²) >= 11 is 0. The fourth-order valence-electron chi connectivity index (χ4n) is 2.39. The van der Waals surface area contributed by atoms with Crippen LogP contribution in [0.5, 0.6) is 0 Å². The summed E-state index contributed by atoms with van der Waals surface area (Å²) in [6, 6.07) is 0.0719. The Hall–Kier alpha value is -1.11. The molecule has 6 nitrogen and oxygen atoms in total. The van der Waals surface area contributed by atoms with Crippen LogP contribution < -0.4 is 11.5 Å². The second kappa shape index (κ2) is 8.24. The van der Waals surface area contributed by atoms with Gasteiger partial charge in [-0.3, -0.25) is 4.79 Å². The lowest BCUT2D eigenvalue weighted by atomic mass is 9.92. The minimum atomic E-state index is -0.164. The van der Waals surface area contributed by atoms with E-state index in [-0.39, 0.29) is 48.3 Å². The quantitative estimate of drug-likeness (QED) is 0.850. The number of carbonyl (C=O) groups excluding carboxylic acids is 1. The zero-order valence-electron chi connectivity index (χ0n) is 11.4. The zero-order chi connectivity index (χ0) is 13.1. The van der Waals surface area contributed by atoms with Gasteiger partial charge in [0.2, 0.25) is 0 Å². The predicted octanol–water partition coefficient (Wildman–Crippen LogP) is 1.10. The van der Waals surface area contributed by atoms with Crippen LogP contribution in [0.15, 0.2) is 12.4 Å². The second-order valence-electron chi connectivity index (χ2n) is 4.81. The number of rotatable bonds is 2. The topological polar surface area (TPSA) is 98.1 Å². The van der Waals surface area contributed by atoms with E-state index < -0.39 is 0 Å². The van der Waals surface area contributed by atoms with Gasteiger partial charge >= 0.3 is 0 Å². The zero-order valence-corrected chi connectivity index (χ0v) is 13.0. The van der Waals surface area contributed by atoms with E-state index in [1.165, 1.54) is 12.4 Å². The molecular weight excluding hydrogens is 301 g/mol. The highest BCUT2D eigenvalue weighted by atomic mass is 35.5. The molecular formula is C12H21Cl2N5O. The van der Waals surface area contributed by atoms with Gasteiger partial charge in [0.1, 0.15) is 0 Å². The molecule has 1 saturated heterocycles. The van der Waals surface area contributed by atoms with E-state index in [9.17, 15) is 4.79 Å². The van der Waals surface area contributed by atoms with Crippen molar-refractivity contribution in [2.75, 3.05) is 18.8 Å². The Kier molecular flexibility index (Phi) is 7.78. The van der Waals surface area contributed by atoms with Crippen molar-refractivity contribution in [2.45, 2.75) is 25.8 Å². The van der Waals surface area contributed by atoms with E-state index in [2.05, 4.69) is 16.9 Å². The maximum atomic E-state index is 12.4. The van der Waals surface area contributed by atoms with Gasteiger partial charge in [0, 0.05) is 31.5 Å². The summed E-state index contributed by atoms with van der Waals surface area (Å²) in [5, 5.41) is 0. The number of likely N-dealkylation sites (tertiary alicyclic amines) is 1. The van der Waals surface area contributed by atoms with Crippen molar-refractivity contribution < 1.29 is 4.79 Å². The summed E-state index contributed by atoms with van der Waals surface area (Å²) in [7, 11) is 0. The van der Waals surface area contributed by atoms with Crippen LogP contribution in [0.25, 0.3) is 0 Å². The van der Waals surface area contributed by atoms with Gasteiger partial charge in [0.15, 0.2) is 11.5 Å². The van der Waals surface area contributed by atoms with Gasteiger partial charge in [0.25, 0.3) is 5.91 Å². The molecule has 1 aromatic heterocycles. The number of amides is 1. The first kappa shape index (κ1) is 18.9. The highest BCUT2D eigenvalue weighted by Crippen LogP contribution is 2.23. The van der Waals surface area contributed by atoms with Gasteiger partial charge in [0.05, 0.1) is 0 Å². The third kappa shape index (κ3) is 3.94. The molecule has 2 unspecified atom stereocenters. The van der Waals surface area contributed by atoms with Crippen LogP contribution in [-0.2, 0) is 0 Å². The molecule has 2 heterocycles. The molecule has 20 heavy (non-hydrogen) atoms. The van der Waals surface area contributed by atoms with E-state index in [0.29, 0.717) is 19.0 Å². The normalized spacial score (nSPS) is 21.6. The van der Waals surface area contributed by atoms with Crippen LogP contribution in [0.3, 0.4) is 0 Å². The molecule has 0 aliphatic carbocycles. The van der Waals surface area contributed by atoms with Gasteiger partial charge in [-0.05, 0) is 18.8 Å². The minimum absolute atomic E-state index is 0. The minimum Gasteiger partial charge on any atom is -0.382 e. The van der Waals surface area contributed by atoms with Crippen LogP contribution in [0.2, 0.25) is 0 Å². The van der Waals surface area contributed by atoms with E-state index in [1.54, 1.807) is 4.90 Å². The van der Waals surface area contributed by atoms with Crippen molar-refractivity contribution >= 4 is 36.5 Å². The molecule has 1 aliphatic rings. The highest BCUT2D eigenvalue weighted by molar-refractivity contribution is 5.96. The van der Waals surface area contributed by atoms with Crippen molar-refractivity contribution in [3.63, 3.8) is 0 Å². The molecule has 1 amide bonds. The van der Waals surface area contributed by atoms with Crippen LogP contribution >= 0.6 is 24.8 Å². The Balaban J connectivity index is 0.00000180. The van der Waals surface area contributed by atoms with Gasteiger partial charge in [-0.2, -0.15) is 0 Å². The first-order valence-electron chi connectivity index (χ1n) is 6.21. The van der Waals surface area contributed by atoms with Gasteiger partial charge in [-0.15, -0.1) is 24.8 Å². The standard InChI is InChI=1S/C12H19N5O.2ClH/c1-8-2-5-17(9(6-8)7-13)12(18)10-11(14)16-4-3-15-10;;/h3-4,8-9H,2,5-7,13H2,1H3,(H2,14,16);2*1H. The molecule has 2 atom stereocenters. The molecule has 8 heteroatoms. The maximum absolute atomic E-state index is 12.4. The van der Waals surface area contributed by atoms with Crippen LogP contribution in [0.1, 0.15) is 30.3 Å². The third-order valence-electron chi connectivity index (χ3n) is 3.44. The van der Waals surface area contributed by atoms with E-state index in [4.69, 9.17) is 11.5 Å². The molecule has 0 spiro atoms. The smallest absolute Gasteiger partial charge is 0.276 e. The maximum Gasteiger partial charge on any atom is 0.276 e. The molecule has 1 fully saturated rings. The number of nitrogens with zero attached hydrogens (tertiary/aromatic N) is 3. The molecule has 0 aromatic carbocycles. The lowest BCUT2D eigenvalue weighted by Gasteiger charge is -2.37. The number of anilines is 1. The van der Waals surface area contributed by atoms with Crippen molar-refractivity contribution in [1.29, 1.82) is 0 Å². The Morgan fingerprint density at radius 3 is 2.65 bits per heavy atom. The summed E-state index contributed by atoms with van der Waals surface area (Å²) < 4.78 is 0.